The first kappa shape index (κ1) is 13.1. The van der Waals surface area contributed by atoms with E-state index >= 15 is 0 Å². The summed E-state index contributed by atoms with van der Waals surface area (Å²) in [5.74, 6) is 0.283. The fourth-order valence-electron chi connectivity index (χ4n) is 1.45. The molecule has 0 fully saturated rings. The zero-order valence-electron chi connectivity index (χ0n) is 10.6. The number of aryl methyl sites for hydroxylation is 2. The molecule has 2 aromatic rings. The highest BCUT2D eigenvalue weighted by atomic mass is 32.1. The van der Waals surface area contributed by atoms with Crippen molar-refractivity contribution < 1.29 is 4.92 Å². The van der Waals surface area contributed by atoms with E-state index in [2.05, 4.69) is 25.6 Å². The number of hydrogen-bond acceptors (Lipinski definition) is 8. The second-order valence-electron chi connectivity index (χ2n) is 3.71. The van der Waals surface area contributed by atoms with Crippen LogP contribution in [0.5, 0.6) is 0 Å². The molecule has 0 atom stereocenters. The zero-order valence-corrected chi connectivity index (χ0v) is 11.4. The summed E-state index contributed by atoms with van der Waals surface area (Å²) in [4.78, 5) is 23.6. The lowest BCUT2D eigenvalue weighted by molar-refractivity contribution is -0.383. The summed E-state index contributed by atoms with van der Waals surface area (Å²) >= 11 is 1.42. The monoisotopic (exact) mass is 280 g/mol. The van der Waals surface area contributed by atoms with Crippen molar-refractivity contribution in [2.45, 2.75) is 13.8 Å². The number of rotatable bonds is 4. The van der Waals surface area contributed by atoms with Gasteiger partial charge in [0.05, 0.1) is 10.6 Å². The normalized spacial score (nSPS) is 10.3. The van der Waals surface area contributed by atoms with Gasteiger partial charge in [-0.1, -0.05) is 0 Å². The minimum Gasteiger partial charge on any atom is -0.367 e. The van der Waals surface area contributed by atoms with E-state index in [1.807, 2.05) is 13.8 Å². The van der Waals surface area contributed by atoms with Crippen LogP contribution in [0.1, 0.15) is 10.6 Å². The van der Waals surface area contributed by atoms with Crippen LogP contribution in [0, 0.1) is 24.0 Å². The number of aromatic nitrogens is 3. The van der Waals surface area contributed by atoms with Gasteiger partial charge in [-0.3, -0.25) is 10.1 Å². The Hall–Kier alpha value is -2.29. The smallest absolute Gasteiger partial charge is 0.353 e. The van der Waals surface area contributed by atoms with Crippen molar-refractivity contribution in [1.29, 1.82) is 0 Å². The molecule has 19 heavy (non-hydrogen) atoms. The van der Waals surface area contributed by atoms with Crippen LogP contribution >= 0.6 is 11.3 Å². The van der Waals surface area contributed by atoms with Crippen LogP contribution in [0.2, 0.25) is 0 Å². The number of thiazole rings is 1. The molecular weight excluding hydrogens is 268 g/mol. The van der Waals surface area contributed by atoms with E-state index in [4.69, 9.17) is 0 Å². The van der Waals surface area contributed by atoms with E-state index in [1.54, 1.807) is 7.05 Å². The van der Waals surface area contributed by atoms with Crippen LogP contribution in [0.4, 0.5) is 22.5 Å². The third-order valence-electron chi connectivity index (χ3n) is 2.50. The summed E-state index contributed by atoms with van der Waals surface area (Å²) in [5.41, 5.74) is 0.688. The molecule has 9 heteroatoms. The van der Waals surface area contributed by atoms with Gasteiger partial charge in [0.2, 0.25) is 11.6 Å². The van der Waals surface area contributed by atoms with Crippen LogP contribution in [-0.4, -0.2) is 26.9 Å². The van der Waals surface area contributed by atoms with Gasteiger partial charge >= 0.3 is 5.69 Å². The topological polar surface area (TPSA) is 106 Å². The zero-order chi connectivity index (χ0) is 14.0. The molecule has 0 saturated heterocycles. The third-order valence-corrected chi connectivity index (χ3v) is 3.48. The first-order valence-electron chi connectivity index (χ1n) is 5.41. The summed E-state index contributed by atoms with van der Waals surface area (Å²) in [6, 6.07) is 0. The summed E-state index contributed by atoms with van der Waals surface area (Å²) in [6.45, 7) is 3.82. The highest BCUT2D eigenvalue weighted by Crippen LogP contribution is 2.32. The predicted molar refractivity (Wildman–Crippen MR) is 73.1 cm³/mol. The highest BCUT2D eigenvalue weighted by molar-refractivity contribution is 7.15. The van der Waals surface area contributed by atoms with Crippen molar-refractivity contribution in [2.24, 2.45) is 0 Å². The molecule has 0 aromatic carbocycles. The molecule has 0 aliphatic heterocycles. The van der Waals surface area contributed by atoms with E-state index in [-0.39, 0.29) is 17.3 Å². The SMILES string of the molecule is CNc1ncnc(Nc2nc(C)c(C)s2)c1[N+](=O)[O-]. The first-order valence-corrected chi connectivity index (χ1v) is 6.22. The van der Waals surface area contributed by atoms with Gasteiger partial charge in [-0.05, 0) is 13.8 Å². The fourth-order valence-corrected chi connectivity index (χ4v) is 2.27. The Morgan fingerprint density at radius 1 is 1.32 bits per heavy atom. The second-order valence-corrected chi connectivity index (χ2v) is 4.92. The fraction of sp³-hybridized carbons (Fsp3) is 0.300. The highest BCUT2D eigenvalue weighted by Gasteiger charge is 2.23. The summed E-state index contributed by atoms with van der Waals surface area (Å²) in [7, 11) is 1.57. The number of nitrogens with one attached hydrogen (secondary N) is 2. The Labute approximate surface area is 113 Å². The van der Waals surface area contributed by atoms with Gasteiger partial charge in [0, 0.05) is 11.9 Å². The molecule has 0 aliphatic carbocycles. The molecule has 0 unspecified atom stereocenters. The van der Waals surface area contributed by atoms with E-state index in [1.165, 1.54) is 17.7 Å². The van der Waals surface area contributed by atoms with Crippen molar-refractivity contribution >= 4 is 33.8 Å². The van der Waals surface area contributed by atoms with Gasteiger partial charge in [-0.2, -0.15) is 0 Å². The number of hydrogen-bond donors (Lipinski definition) is 2. The largest absolute Gasteiger partial charge is 0.367 e. The molecule has 0 spiro atoms. The average molecular weight is 280 g/mol. The molecule has 2 aromatic heterocycles. The van der Waals surface area contributed by atoms with Crippen molar-refractivity contribution in [1.82, 2.24) is 15.0 Å². The molecule has 100 valence electrons. The lowest BCUT2D eigenvalue weighted by atomic mass is 10.4. The lowest BCUT2D eigenvalue weighted by Gasteiger charge is -2.05. The first-order chi connectivity index (χ1) is 9.02. The number of nitrogens with zero attached hydrogens (tertiary/aromatic N) is 4. The van der Waals surface area contributed by atoms with Crippen LogP contribution < -0.4 is 10.6 Å². The molecular formula is C10H12N6O2S. The maximum atomic E-state index is 11.1. The van der Waals surface area contributed by atoms with Crippen LogP contribution in [-0.2, 0) is 0 Å². The summed E-state index contributed by atoms with van der Waals surface area (Å²) in [5, 5.41) is 17.2. The van der Waals surface area contributed by atoms with Gasteiger partial charge in [0.1, 0.15) is 6.33 Å². The molecule has 0 saturated carbocycles. The Morgan fingerprint density at radius 3 is 2.53 bits per heavy atom. The van der Waals surface area contributed by atoms with E-state index in [0.29, 0.717) is 5.13 Å². The molecule has 2 N–H and O–H groups in total. The minimum atomic E-state index is -0.526. The number of nitro groups is 1. The Balaban J connectivity index is 2.42. The molecule has 0 bridgehead atoms. The Bertz CT molecular complexity index is 607. The van der Waals surface area contributed by atoms with Crippen molar-refractivity contribution in [3.8, 4) is 0 Å². The predicted octanol–water partition coefficient (Wildman–Crippen LogP) is 2.24. The summed E-state index contributed by atoms with van der Waals surface area (Å²) in [6.07, 6.45) is 1.26. The maximum Gasteiger partial charge on any atom is 0.353 e. The molecule has 0 radical (unpaired) electrons. The van der Waals surface area contributed by atoms with Crippen molar-refractivity contribution in [3.63, 3.8) is 0 Å². The molecule has 8 nitrogen and oxygen atoms in total. The van der Waals surface area contributed by atoms with Gasteiger partial charge in [0.25, 0.3) is 0 Å². The maximum absolute atomic E-state index is 11.1. The molecule has 2 rings (SSSR count). The van der Waals surface area contributed by atoms with Crippen LogP contribution in [0.25, 0.3) is 0 Å². The Kier molecular flexibility index (Phi) is 3.56. The van der Waals surface area contributed by atoms with E-state index < -0.39 is 4.92 Å². The molecule has 0 aliphatic rings. The lowest BCUT2D eigenvalue weighted by Crippen LogP contribution is -2.05. The third kappa shape index (κ3) is 2.60. The van der Waals surface area contributed by atoms with E-state index in [0.717, 1.165) is 10.6 Å². The second kappa shape index (κ2) is 5.14. The van der Waals surface area contributed by atoms with Crippen LogP contribution in [0.3, 0.4) is 0 Å². The minimum absolute atomic E-state index is 0.123. The summed E-state index contributed by atoms with van der Waals surface area (Å²) < 4.78 is 0. The van der Waals surface area contributed by atoms with Gasteiger partial charge in [-0.25, -0.2) is 15.0 Å². The van der Waals surface area contributed by atoms with Crippen LogP contribution in [0.15, 0.2) is 6.33 Å². The van der Waals surface area contributed by atoms with Gasteiger partial charge in [-0.15, -0.1) is 11.3 Å². The van der Waals surface area contributed by atoms with Gasteiger partial charge in [0.15, 0.2) is 5.13 Å². The molecule has 2 heterocycles. The molecule has 0 amide bonds. The Morgan fingerprint density at radius 2 is 2.00 bits per heavy atom. The number of anilines is 3. The van der Waals surface area contributed by atoms with Crippen molar-refractivity contribution in [3.05, 3.63) is 27.0 Å². The quantitative estimate of drug-likeness (QED) is 0.653. The standard InChI is InChI=1S/C10H12N6O2S/c1-5-6(2)19-10(14-5)15-9-7(16(17)18)8(11-3)12-4-13-9/h4H,1-3H3,(H2,11,12,13,14,15). The van der Waals surface area contributed by atoms with Gasteiger partial charge < -0.3 is 10.6 Å². The van der Waals surface area contributed by atoms with E-state index in [9.17, 15) is 10.1 Å². The van der Waals surface area contributed by atoms with Crippen molar-refractivity contribution in [2.75, 3.05) is 17.7 Å². The average Bonchev–Trinajstić information content (AvgIpc) is 2.67.